The molecule has 2 atom stereocenters. The summed E-state index contributed by atoms with van der Waals surface area (Å²) < 4.78 is 5.06. The number of anilines is 1. The highest BCUT2D eigenvalue weighted by molar-refractivity contribution is 5.99. The molecule has 0 aromatic carbocycles. The number of morpholine rings is 1. The van der Waals surface area contributed by atoms with Crippen molar-refractivity contribution in [1.82, 2.24) is 4.98 Å². The molecule has 0 radical (unpaired) electrons. The summed E-state index contributed by atoms with van der Waals surface area (Å²) in [5.74, 6) is -1.93. The van der Waals surface area contributed by atoms with E-state index in [1.54, 1.807) is 32.0 Å². The van der Waals surface area contributed by atoms with Gasteiger partial charge >= 0.3 is 5.97 Å². The first kappa shape index (κ1) is 16.3. The second kappa shape index (κ2) is 5.99. The molecule has 1 aliphatic heterocycles. The predicted molar refractivity (Wildman–Crippen MR) is 75.2 cm³/mol. The van der Waals surface area contributed by atoms with Crippen molar-refractivity contribution in [2.24, 2.45) is 0 Å². The van der Waals surface area contributed by atoms with Gasteiger partial charge in [-0.2, -0.15) is 0 Å². The Balaban J connectivity index is 2.29. The lowest BCUT2D eigenvalue weighted by molar-refractivity contribution is -0.163. The maximum absolute atomic E-state index is 12.3. The number of carbonyl (C=O) groups is 2. The van der Waals surface area contributed by atoms with Crippen LogP contribution in [0.3, 0.4) is 0 Å². The predicted octanol–water partition coefficient (Wildman–Crippen LogP) is -0.514. The number of aliphatic hydroxyl groups is 2. The van der Waals surface area contributed by atoms with Crippen molar-refractivity contribution in [2.45, 2.75) is 31.7 Å². The molecule has 0 bridgehead atoms. The smallest absolute Gasteiger partial charge is 0.335 e. The Morgan fingerprint density at radius 2 is 2.18 bits per heavy atom. The summed E-state index contributed by atoms with van der Waals surface area (Å²) in [6, 6.07) is 4.84. The van der Waals surface area contributed by atoms with Gasteiger partial charge in [0.1, 0.15) is 11.4 Å². The molecule has 2 heterocycles. The third kappa shape index (κ3) is 3.24. The molecule has 1 saturated heterocycles. The molecule has 8 heteroatoms. The summed E-state index contributed by atoms with van der Waals surface area (Å²) in [4.78, 5) is 28.6. The highest BCUT2D eigenvalue weighted by Crippen LogP contribution is 2.23. The molecule has 1 amide bonds. The first-order valence-corrected chi connectivity index (χ1v) is 6.75. The van der Waals surface area contributed by atoms with Crippen molar-refractivity contribution in [1.29, 1.82) is 0 Å². The molecule has 1 aliphatic rings. The topological polar surface area (TPSA) is 120 Å². The maximum atomic E-state index is 12.3. The van der Waals surface area contributed by atoms with Gasteiger partial charge in [0.15, 0.2) is 12.2 Å². The second-order valence-corrected chi connectivity index (χ2v) is 5.50. The molecule has 2 rings (SSSR count). The molecule has 0 saturated carbocycles. The SMILES string of the molecule is CC(C)(O)c1cccc(N2CCO[C@H](C(O)C(=O)O)C2=O)n1. The van der Waals surface area contributed by atoms with Gasteiger partial charge in [-0.25, -0.2) is 9.78 Å². The number of rotatable bonds is 4. The van der Waals surface area contributed by atoms with E-state index in [9.17, 15) is 19.8 Å². The van der Waals surface area contributed by atoms with E-state index in [0.717, 1.165) is 0 Å². The number of nitrogens with zero attached hydrogens (tertiary/aromatic N) is 2. The largest absolute Gasteiger partial charge is 0.479 e. The maximum Gasteiger partial charge on any atom is 0.335 e. The van der Waals surface area contributed by atoms with Crippen LogP contribution in [0.15, 0.2) is 18.2 Å². The number of carbonyl (C=O) groups excluding carboxylic acids is 1. The molecular weight excluding hydrogens is 292 g/mol. The third-order valence-corrected chi connectivity index (χ3v) is 3.30. The molecule has 22 heavy (non-hydrogen) atoms. The second-order valence-electron chi connectivity index (χ2n) is 5.50. The normalized spacial score (nSPS) is 20.8. The van der Waals surface area contributed by atoms with Gasteiger partial charge in [0.2, 0.25) is 0 Å². The summed E-state index contributed by atoms with van der Waals surface area (Å²) in [5.41, 5.74) is -0.801. The first-order chi connectivity index (χ1) is 10.2. The summed E-state index contributed by atoms with van der Waals surface area (Å²) >= 11 is 0. The number of aromatic nitrogens is 1. The van der Waals surface area contributed by atoms with Crippen molar-refractivity contribution in [3.8, 4) is 0 Å². The van der Waals surface area contributed by atoms with Gasteiger partial charge in [-0.1, -0.05) is 6.07 Å². The number of aliphatic hydroxyl groups excluding tert-OH is 1. The van der Waals surface area contributed by atoms with E-state index < -0.39 is 29.7 Å². The number of ether oxygens (including phenoxy) is 1. The zero-order valence-electron chi connectivity index (χ0n) is 12.3. The van der Waals surface area contributed by atoms with Crippen LogP contribution in [-0.2, 0) is 19.9 Å². The van der Waals surface area contributed by atoms with E-state index in [0.29, 0.717) is 5.69 Å². The van der Waals surface area contributed by atoms with Crippen LogP contribution in [-0.4, -0.2) is 57.5 Å². The highest BCUT2D eigenvalue weighted by atomic mass is 16.5. The number of carboxylic acids is 1. The van der Waals surface area contributed by atoms with Crippen LogP contribution in [0.2, 0.25) is 0 Å². The van der Waals surface area contributed by atoms with E-state index in [1.165, 1.54) is 4.90 Å². The van der Waals surface area contributed by atoms with Crippen molar-refractivity contribution < 1.29 is 29.6 Å². The van der Waals surface area contributed by atoms with E-state index in [2.05, 4.69) is 4.98 Å². The molecular formula is C14H18N2O6. The zero-order valence-corrected chi connectivity index (χ0v) is 12.3. The summed E-state index contributed by atoms with van der Waals surface area (Å²) in [7, 11) is 0. The lowest BCUT2D eigenvalue weighted by atomic mass is 10.0. The monoisotopic (exact) mass is 310 g/mol. The minimum Gasteiger partial charge on any atom is -0.479 e. The van der Waals surface area contributed by atoms with Gasteiger partial charge in [-0.3, -0.25) is 9.69 Å². The van der Waals surface area contributed by atoms with Crippen molar-refractivity contribution in [3.05, 3.63) is 23.9 Å². The Morgan fingerprint density at radius 1 is 1.50 bits per heavy atom. The van der Waals surface area contributed by atoms with Gasteiger partial charge < -0.3 is 20.1 Å². The molecule has 1 aromatic rings. The molecule has 8 nitrogen and oxygen atoms in total. The van der Waals surface area contributed by atoms with Gasteiger partial charge in [0.05, 0.1) is 18.8 Å². The number of amides is 1. The minimum atomic E-state index is -1.94. The van der Waals surface area contributed by atoms with Crippen molar-refractivity contribution >= 4 is 17.7 Å². The summed E-state index contributed by atoms with van der Waals surface area (Å²) in [6.45, 7) is 3.40. The molecule has 1 fully saturated rings. The molecule has 120 valence electrons. The van der Waals surface area contributed by atoms with Crippen molar-refractivity contribution in [3.63, 3.8) is 0 Å². The number of hydrogen-bond acceptors (Lipinski definition) is 6. The molecule has 3 N–H and O–H groups in total. The number of aliphatic carboxylic acids is 1. The van der Waals surface area contributed by atoms with Gasteiger partial charge in [-0.05, 0) is 26.0 Å². The molecule has 0 aliphatic carbocycles. The number of carboxylic acid groups (broad SMARTS) is 1. The van der Waals surface area contributed by atoms with E-state index in [1.807, 2.05) is 0 Å². The fourth-order valence-electron chi connectivity index (χ4n) is 2.10. The van der Waals surface area contributed by atoms with Crippen LogP contribution < -0.4 is 4.90 Å². The molecule has 0 spiro atoms. The third-order valence-electron chi connectivity index (χ3n) is 3.30. The standard InChI is InChI=1S/C14H18N2O6/c1-14(2,21)8-4-3-5-9(15-8)16-6-7-22-11(12(16)18)10(17)13(19)20/h3-5,10-11,17,21H,6-7H2,1-2H3,(H,19,20)/t10?,11-/m1/s1. The number of pyridine rings is 1. The van der Waals surface area contributed by atoms with Crippen LogP contribution >= 0.6 is 0 Å². The van der Waals surface area contributed by atoms with E-state index in [-0.39, 0.29) is 19.0 Å². The minimum absolute atomic E-state index is 0.0785. The quantitative estimate of drug-likeness (QED) is 0.684. The molecule has 1 aromatic heterocycles. The van der Waals surface area contributed by atoms with Gasteiger partial charge in [0, 0.05) is 0 Å². The number of hydrogen-bond donors (Lipinski definition) is 3. The first-order valence-electron chi connectivity index (χ1n) is 6.75. The lowest BCUT2D eigenvalue weighted by Gasteiger charge is -2.33. The van der Waals surface area contributed by atoms with Crippen LogP contribution in [0.1, 0.15) is 19.5 Å². The Kier molecular flexibility index (Phi) is 4.45. The summed E-state index contributed by atoms with van der Waals surface area (Å²) in [5, 5.41) is 28.3. The average Bonchev–Trinajstić information content (AvgIpc) is 2.46. The Bertz CT molecular complexity index is 583. The summed E-state index contributed by atoms with van der Waals surface area (Å²) in [6.07, 6.45) is -3.41. The average molecular weight is 310 g/mol. The van der Waals surface area contributed by atoms with Crippen LogP contribution in [0.5, 0.6) is 0 Å². The highest BCUT2D eigenvalue weighted by Gasteiger charge is 2.39. The van der Waals surface area contributed by atoms with Crippen LogP contribution in [0.4, 0.5) is 5.82 Å². The fourth-order valence-corrected chi connectivity index (χ4v) is 2.10. The van der Waals surface area contributed by atoms with Crippen LogP contribution in [0.25, 0.3) is 0 Å². The van der Waals surface area contributed by atoms with E-state index in [4.69, 9.17) is 9.84 Å². The fraction of sp³-hybridized carbons (Fsp3) is 0.500. The van der Waals surface area contributed by atoms with Crippen molar-refractivity contribution in [2.75, 3.05) is 18.1 Å². The van der Waals surface area contributed by atoms with Crippen LogP contribution in [0, 0.1) is 0 Å². The van der Waals surface area contributed by atoms with E-state index >= 15 is 0 Å². The lowest BCUT2D eigenvalue weighted by Crippen LogP contribution is -2.54. The van der Waals surface area contributed by atoms with Gasteiger partial charge in [-0.15, -0.1) is 0 Å². The Hall–Kier alpha value is -2.03. The Labute approximate surface area is 127 Å². The zero-order chi connectivity index (χ0) is 16.5. The molecule has 1 unspecified atom stereocenters. The Morgan fingerprint density at radius 3 is 2.77 bits per heavy atom. The van der Waals surface area contributed by atoms with Gasteiger partial charge in [0.25, 0.3) is 5.91 Å².